The van der Waals surface area contributed by atoms with Gasteiger partial charge in [-0.05, 0) is 38.1 Å². The number of nitrogens with zero attached hydrogens (tertiary/aromatic N) is 1. The Hall–Kier alpha value is -1.08. The normalized spacial score (nSPS) is 28.5. The third-order valence-electron chi connectivity index (χ3n) is 3.70. The van der Waals surface area contributed by atoms with Gasteiger partial charge in [-0.15, -0.1) is 0 Å². The van der Waals surface area contributed by atoms with Gasteiger partial charge in [-0.3, -0.25) is 4.79 Å². The maximum Gasteiger partial charge on any atom is 0.223 e. The predicted octanol–water partition coefficient (Wildman–Crippen LogP) is 1.82. The molecule has 1 aliphatic rings. The molecular weight excluding hydrogens is 226 g/mol. The lowest BCUT2D eigenvalue weighted by molar-refractivity contribution is -0.126. The van der Waals surface area contributed by atoms with Gasteiger partial charge < -0.3 is 10.6 Å². The third kappa shape index (κ3) is 3.99. The first-order valence-corrected chi connectivity index (χ1v) is 6.70. The molecule has 0 unspecified atom stereocenters. The summed E-state index contributed by atoms with van der Waals surface area (Å²) in [7, 11) is 1.82. The molecule has 1 aliphatic carbocycles. The number of carbonyl (C=O) groups excluding carboxylic acids is 1. The highest BCUT2D eigenvalue weighted by molar-refractivity contribution is 5.78. The number of hydrogen-bond acceptors (Lipinski definition) is 3. The van der Waals surface area contributed by atoms with E-state index in [9.17, 15) is 4.79 Å². The van der Waals surface area contributed by atoms with Crippen molar-refractivity contribution in [2.24, 2.45) is 11.3 Å². The quantitative estimate of drug-likeness (QED) is 0.804. The van der Waals surface area contributed by atoms with E-state index in [1.54, 1.807) is 0 Å². The summed E-state index contributed by atoms with van der Waals surface area (Å²) in [5, 5.41) is 15.3. The van der Waals surface area contributed by atoms with Crippen LogP contribution in [0.4, 0.5) is 0 Å². The molecule has 1 rings (SSSR count). The van der Waals surface area contributed by atoms with Crippen molar-refractivity contribution in [3.05, 3.63) is 0 Å². The van der Waals surface area contributed by atoms with E-state index in [2.05, 4.69) is 37.5 Å². The zero-order chi connectivity index (χ0) is 13.8. The summed E-state index contributed by atoms with van der Waals surface area (Å²) in [6.45, 7) is 7.03. The summed E-state index contributed by atoms with van der Waals surface area (Å²) in [6.07, 6.45) is 3.11. The van der Waals surface area contributed by atoms with Gasteiger partial charge in [-0.1, -0.05) is 20.8 Å². The Balaban J connectivity index is 2.44. The largest absolute Gasteiger partial charge is 0.355 e. The van der Waals surface area contributed by atoms with Crippen LogP contribution in [0.2, 0.25) is 0 Å². The van der Waals surface area contributed by atoms with E-state index in [-0.39, 0.29) is 17.2 Å². The van der Waals surface area contributed by atoms with Crippen molar-refractivity contribution < 1.29 is 4.79 Å². The molecule has 0 aromatic rings. The van der Waals surface area contributed by atoms with E-state index < -0.39 is 5.54 Å². The van der Waals surface area contributed by atoms with Crippen molar-refractivity contribution in [3.63, 3.8) is 0 Å². The second-order valence-corrected chi connectivity index (χ2v) is 6.50. The molecule has 0 aromatic heterocycles. The molecule has 4 nitrogen and oxygen atoms in total. The van der Waals surface area contributed by atoms with Crippen LogP contribution in [0.5, 0.6) is 0 Å². The fourth-order valence-corrected chi connectivity index (χ4v) is 2.29. The highest BCUT2D eigenvalue weighted by atomic mass is 16.1. The number of carbonyl (C=O) groups is 1. The lowest BCUT2D eigenvalue weighted by atomic mass is 9.77. The summed E-state index contributed by atoms with van der Waals surface area (Å²) in [6, 6.07) is 2.34. The Bertz CT molecular complexity index is 330. The van der Waals surface area contributed by atoms with Gasteiger partial charge in [0.1, 0.15) is 5.54 Å². The molecule has 0 spiro atoms. The molecule has 2 N–H and O–H groups in total. The van der Waals surface area contributed by atoms with Crippen molar-refractivity contribution in [3.8, 4) is 6.07 Å². The van der Waals surface area contributed by atoms with Crippen LogP contribution in [0.25, 0.3) is 0 Å². The van der Waals surface area contributed by atoms with E-state index >= 15 is 0 Å². The summed E-state index contributed by atoms with van der Waals surface area (Å²) >= 11 is 0. The summed E-state index contributed by atoms with van der Waals surface area (Å²) in [4.78, 5) is 12.0. The van der Waals surface area contributed by atoms with Gasteiger partial charge in [0, 0.05) is 12.5 Å². The van der Waals surface area contributed by atoms with Crippen LogP contribution >= 0.6 is 0 Å². The maximum absolute atomic E-state index is 12.0. The molecule has 0 bridgehead atoms. The third-order valence-corrected chi connectivity index (χ3v) is 3.70. The summed E-state index contributed by atoms with van der Waals surface area (Å²) < 4.78 is 0. The molecule has 1 fully saturated rings. The van der Waals surface area contributed by atoms with E-state index in [0.29, 0.717) is 6.54 Å². The molecule has 4 heteroatoms. The van der Waals surface area contributed by atoms with Gasteiger partial charge in [-0.25, -0.2) is 0 Å². The highest BCUT2D eigenvalue weighted by Gasteiger charge is 2.36. The Morgan fingerprint density at radius 3 is 2.33 bits per heavy atom. The van der Waals surface area contributed by atoms with Crippen LogP contribution in [0.15, 0.2) is 0 Å². The summed E-state index contributed by atoms with van der Waals surface area (Å²) in [5.74, 6) is 0.217. The molecule has 0 aliphatic heterocycles. The van der Waals surface area contributed by atoms with E-state index in [1.165, 1.54) is 0 Å². The van der Waals surface area contributed by atoms with Gasteiger partial charge in [0.25, 0.3) is 0 Å². The monoisotopic (exact) mass is 251 g/mol. The Kier molecular flexibility index (Phi) is 4.75. The van der Waals surface area contributed by atoms with Crippen molar-refractivity contribution in [2.45, 2.75) is 52.0 Å². The Morgan fingerprint density at radius 2 is 1.94 bits per heavy atom. The van der Waals surface area contributed by atoms with Crippen molar-refractivity contribution in [1.29, 1.82) is 5.26 Å². The average molecular weight is 251 g/mol. The number of nitriles is 1. The molecule has 0 aromatic carbocycles. The zero-order valence-corrected chi connectivity index (χ0v) is 12.0. The smallest absolute Gasteiger partial charge is 0.223 e. The molecule has 18 heavy (non-hydrogen) atoms. The van der Waals surface area contributed by atoms with Gasteiger partial charge in [0.2, 0.25) is 5.91 Å². The first-order chi connectivity index (χ1) is 8.32. The Labute approximate surface area is 110 Å². The lowest BCUT2D eigenvalue weighted by Crippen LogP contribution is -2.47. The van der Waals surface area contributed by atoms with Gasteiger partial charge >= 0.3 is 0 Å². The first-order valence-electron chi connectivity index (χ1n) is 6.70. The molecule has 1 amide bonds. The van der Waals surface area contributed by atoms with Crippen molar-refractivity contribution in [1.82, 2.24) is 10.6 Å². The van der Waals surface area contributed by atoms with Crippen LogP contribution in [-0.4, -0.2) is 25.0 Å². The fourth-order valence-electron chi connectivity index (χ4n) is 2.29. The van der Waals surface area contributed by atoms with Gasteiger partial charge in [0.15, 0.2) is 0 Å². The predicted molar refractivity (Wildman–Crippen MR) is 71.8 cm³/mol. The standard InChI is InChI=1S/C14H25N3O/c1-13(2,3)10-17-12(18)11-5-7-14(9-15,16-4)8-6-11/h11,16H,5-8,10H2,1-4H3,(H,17,18). The number of nitrogens with one attached hydrogen (secondary N) is 2. The van der Waals surface area contributed by atoms with Gasteiger partial charge in [-0.2, -0.15) is 5.26 Å². The van der Waals surface area contributed by atoms with E-state index in [0.717, 1.165) is 25.7 Å². The fraction of sp³-hybridized carbons (Fsp3) is 0.857. The number of amides is 1. The molecule has 0 radical (unpaired) electrons. The molecule has 0 atom stereocenters. The van der Waals surface area contributed by atoms with E-state index in [4.69, 9.17) is 5.26 Å². The molecule has 0 heterocycles. The van der Waals surface area contributed by atoms with Crippen LogP contribution in [0.3, 0.4) is 0 Å². The van der Waals surface area contributed by atoms with E-state index in [1.807, 2.05) is 7.05 Å². The SMILES string of the molecule is CNC1(C#N)CCC(C(=O)NCC(C)(C)C)CC1. The second kappa shape index (κ2) is 5.71. The second-order valence-electron chi connectivity index (χ2n) is 6.50. The van der Waals surface area contributed by atoms with Crippen LogP contribution in [0.1, 0.15) is 46.5 Å². The van der Waals surface area contributed by atoms with Crippen molar-refractivity contribution >= 4 is 5.91 Å². The summed E-state index contributed by atoms with van der Waals surface area (Å²) in [5.41, 5.74) is -0.299. The zero-order valence-electron chi connectivity index (χ0n) is 12.0. The minimum absolute atomic E-state index is 0.0715. The highest BCUT2D eigenvalue weighted by Crippen LogP contribution is 2.31. The molecular formula is C14H25N3O. The average Bonchev–Trinajstić information content (AvgIpc) is 2.35. The number of hydrogen-bond donors (Lipinski definition) is 2. The lowest BCUT2D eigenvalue weighted by Gasteiger charge is -2.34. The van der Waals surface area contributed by atoms with Gasteiger partial charge in [0.05, 0.1) is 6.07 Å². The minimum atomic E-state index is -0.416. The maximum atomic E-state index is 12.0. The minimum Gasteiger partial charge on any atom is -0.355 e. The number of rotatable bonds is 3. The topological polar surface area (TPSA) is 64.9 Å². The van der Waals surface area contributed by atoms with Crippen molar-refractivity contribution in [2.75, 3.05) is 13.6 Å². The van der Waals surface area contributed by atoms with Crippen LogP contribution in [0, 0.1) is 22.7 Å². The molecule has 0 saturated heterocycles. The molecule has 1 saturated carbocycles. The Morgan fingerprint density at radius 1 is 1.39 bits per heavy atom. The molecule has 102 valence electrons. The van der Waals surface area contributed by atoms with Crippen LogP contribution in [-0.2, 0) is 4.79 Å². The first kappa shape index (κ1) is 15.0. The van der Waals surface area contributed by atoms with Crippen LogP contribution < -0.4 is 10.6 Å².